The third-order valence-electron chi connectivity index (χ3n) is 2.36. The minimum Gasteiger partial charge on any atom is -0.481 e. The standard InChI is InChI=1S/C12H14N2O2S2/c1-2-9-3-4-10(18-9)6-13-12-14-8(7-17-12)5-11(15)16/h3-4,7H,2,5-6H2,1H3,(H,13,14)(H,15,16). The Balaban J connectivity index is 1.89. The van der Waals surface area contributed by atoms with Crippen LogP contribution in [0, 0.1) is 0 Å². The first-order valence-corrected chi connectivity index (χ1v) is 7.34. The van der Waals surface area contributed by atoms with E-state index in [1.165, 1.54) is 21.1 Å². The number of anilines is 1. The molecule has 0 unspecified atom stereocenters. The van der Waals surface area contributed by atoms with Crippen molar-refractivity contribution in [1.29, 1.82) is 0 Å². The lowest BCUT2D eigenvalue weighted by molar-refractivity contribution is -0.136. The van der Waals surface area contributed by atoms with Gasteiger partial charge in [-0.1, -0.05) is 6.92 Å². The second-order valence-corrected chi connectivity index (χ2v) is 5.90. The van der Waals surface area contributed by atoms with E-state index in [4.69, 9.17) is 5.11 Å². The van der Waals surface area contributed by atoms with Gasteiger partial charge in [-0.25, -0.2) is 4.98 Å². The van der Waals surface area contributed by atoms with Crippen molar-refractivity contribution in [3.05, 3.63) is 33.0 Å². The number of carboxylic acids is 1. The van der Waals surface area contributed by atoms with Gasteiger partial charge in [0, 0.05) is 15.1 Å². The number of nitrogens with zero attached hydrogens (tertiary/aromatic N) is 1. The van der Waals surface area contributed by atoms with Gasteiger partial charge in [-0.15, -0.1) is 22.7 Å². The van der Waals surface area contributed by atoms with Crippen molar-refractivity contribution < 1.29 is 9.90 Å². The predicted molar refractivity (Wildman–Crippen MR) is 74.5 cm³/mol. The van der Waals surface area contributed by atoms with Crippen molar-refractivity contribution in [2.45, 2.75) is 26.3 Å². The summed E-state index contributed by atoms with van der Waals surface area (Å²) < 4.78 is 0. The molecule has 0 amide bonds. The van der Waals surface area contributed by atoms with Crippen molar-refractivity contribution >= 4 is 33.8 Å². The number of nitrogens with one attached hydrogen (secondary N) is 1. The van der Waals surface area contributed by atoms with Gasteiger partial charge in [0.2, 0.25) is 0 Å². The molecule has 2 aromatic rings. The SMILES string of the molecule is CCc1ccc(CNc2nc(CC(=O)O)cs2)s1. The van der Waals surface area contributed by atoms with Crippen molar-refractivity contribution in [1.82, 2.24) is 4.98 Å². The molecule has 6 heteroatoms. The number of carboxylic acid groups (broad SMARTS) is 1. The van der Waals surface area contributed by atoms with Crippen LogP contribution in [-0.4, -0.2) is 16.1 Å². The predicted octanol–water partition coefficient (Wildman–Crippen LogP) is 3.01. The van der Waals surface area contributed by atoms with Gasteiger partial charge in [-0.05, 0) is 18.6 Å². The average Bonchev–Trinajstić information content (AvgIpc) is 2.94. The van der Waals surface area contributed by atoms with Crippen LogP contribution in [0.3, 0.4) is 0 Å². The van der Waals surface area contributed by atoms with Crippen LogP contribution in [-0.2, 0) is 24.2 Å². The lowest BCUT2D eigenvalue weighted by Gasteiger charge is -1.99. The summed E-state index contributed by atoms with van der Waals surface area (Å²) in [5.74, 6) is -0.849. The number of aliphatic carboxylic acids is 1. The average molecular weight is 282 g/mol. The largest absolute Gasteiger partial charge is 0.481 e. The van der Waals surface area contributed by atoms with Gasteiger partial charge in [0.05, 0.1) is 18.7 Å². The lowest BCUT2D eigenvalue weighted by Crippen LogP contribution is -2.01. The number of aromatic nitrogens is 1. The van der Waals surface area contributed by atoms with E-state index in [0.717, 1.165) is 18.1 Å². The van der Waals surface area contributed by atoms with Crippen molar-refractivity contribution in [2.75, 3.05) is 5.32 Å². The number of carbonyl (C=O) groups is 1. The van der Waals surface area contributed by atoms with E-state index in [9.17, 15) is 4.79 Å². The van der Waals surface area contributed by atoms with Gasteiger partial charge >= 0.3 is 5.97 Å². The molecule has 0 saturated heterocycles. The summed E-state index contributed by atoms with van der Waals surface area (Å²) in [6, 6.07) is 4.25. The molecular weight excluding hydrogens is 268 g/mol. The highest BCUT2D eigenvalue weighted by Gasteiger charge is 2.06. The second kappa shape index (κ2) is 5.97. The van der Waals surface area contributed by atoms with Crippen LogP contribution in [0.5, 0.6) is 0 Å². The maximum absolute atomic E-state index is 10.5. The number of aryl methyl sites for hydroxylation is 1. The molecule has 0 bridgehead atoms. The highest BCUT2D eigenvalue weighted by molar-refractivity contribution is 7.14. The monoisotopic (exact) mass is 282 g/mol. The molecule has 0 aliphatic carbocycles. The summed E-state index contributed by atoms with van der Waals surface area (Å²) in [6.07, 6.45) is 1.04. The number of rotatable bonds is 6. The zero-order valence-corrected chi connectivity index (χ0v) is 11.6. The van der Waals surface area contributed by atoms with Gasteiger partial charge in [0.15, 0.2) is 5.13 Å². The van der Waals surface area contributed by atoms with Gasteiger partial charge in [0.25, 0.3) is 0 Å². The molecule has 4 nitrogen and oxygen atoms in total. The van der Waals surface area contributed by atoms with E-state index in [1.807, 2.05) is 0 Å². The quantitative estimate of drug-likeness (QED) is 0.855. The first kappa shape index (κ1) is 13.0. The van der Waals surface area contributed by atoms with E-state index in [-0.39, 0.29) is 6.42 Å². The summed E-state index contributed by atoms with van der Waals surface area (Å²) in [5, 5.41) is 14.4. The van der Waals surface area contributed by atoms with Crippen molar-refractivity contribution in [3.63, 3.8) is 0 Å². The molecule has 0 atom stereocenters. The molecule has 2 aromatic heterocycles. The fourth-order valence-corrected chi connectivity index (χ4v) is 3.10. The molecular formula is C12H14N2O2S2. The summed E-state index contributed by atoms with van der Waals surface area (Å²) >= 11 is 3.23. The molecule has 2 N–H and O–H groups in total. The molecule has 2 heterocycles. The van der Waals surface area contributed by atoms with Crippen LogP contribution in [0.4, 0.5) is 5.13 Å². The van der Waals surface area contributed by atoms with E-state index in [2.05, 4.69) is 29.4 Å². The molecule has 0 spiro atoms. The van der Waals surface area contributed by atoms with Crippen molar-refractivity contribution in [3.8, 4) is 0 Å². The Hall–Kier alpha value is -1.40. The fraction of sp³-hybridized carbons (Fsp3) is 0.333. The second-order valence-electron chi connectivity index (χ2n) is 3.79. The number of thiazole rings is 1. The molecule has 0 radical (unpaired) electrons. The van der Waals surface area contributed by atoms with Crippen LogP contribution in [0.2, 0.25) is 0 Å². The first-order valence-electron chi connectivity index (χ1n) is 5.65. The van der Waals surface area contributed by atoms with Gasteiger partial charge < -0.3 is 10.4 Å². The Morgan fingerprint density at radius 3 is 2.89 bits per heavy atom. The maximum atomic E-state index is 10.5. The van der Waals surface area contributed by atoms with E-state index in [0.29, 0.717) is 5.69 Å². The molecule has 0 aliphatic rings. The zero-order chi connectivity index (χ0) is 13.0. The van der Waals surface area contributed by atoms with Gasteiger partial charge in [-0.2, -0.15) is 0 Å². The van der Waals surface area contributed by atoms with Crippen LogP contribution in [0.15, 0.2) is 17.5 Å². The number of thiophene rings is 1. The first-order chi connectivity index (χ1) is 8.67. The summed E-state index contributed by atoms with van der Waals surface area (Å²) in [4.78, 5) is 17.4. The minimum absolute atomic E-state index is 0.0167. The van der Waals surface area contributed by atoms with Gasteiger partial charge in [0.1, 0.15) is 0 Å². The Kier molecular flexibility index (Phi) is 4.33. The Morgan fingerprint density at radius 2 is 2.22 bits per heavy atom. The highest BCUT2D eigenvalue weighted by Crippen LogP contribution is 2.20. The van der Waals surface area contributed by atoms with Crippen molar-refractivity contribution in [2.24, 2.45) is 0 Å². The van der Waals surface area contributed by atoms with Crippen LogP contribution in [0.25, 0.3) is 0 Å². The molecule has 2 rings (SSSR count). The number of hydrogen-bond acceptors (Lipinski definition) is 5. The molecule has 0 aliphatic heterocycles. The smallest absolute Gasteiger partial charge is 0.309 e. The topological polar surface area (TPSA) is 62.2 Å². The van der Waals surface area contributed by atoms with Crippen LogP contribution < -0.4 is 5.32 Å². The summed E-state index contributed by atoms with van der Waals surface area (Å²) in [6.45, 7) is 2.88. The third-order valence-corrected chi connectivity index (χ3v) is 4.44. The lowest BCUT2D eigenvalue weighted by atomic mass is 10.3. The van der Waals surface area contributed by atoms with Crippen LogP contribution >= 0.6 is 22.7 Å². The van der Waals surface area contributed by atoms with E-state index >= 15 is 0 Å². The zero-order valence-electron chi connectivity index (χ0n) is 9.97. The molecule has 96 valence electrons. The Bertz CT molecular complexity index is 534. The number of hydrogen-bond donors (Lipinski definition) is 2. The summed E-state index contributed by atoms with van der Waals surface area (Å²) in [5.41, 5.74) is 0.607. The molecule has 0 aromatic carbocycles. The third kappa shape index (κ3) is 3.54. The Labute approximate surface area is 113 Å². The van der Waals surface area contributed by atoms with E-state index < -0.39 is 5.97 Å². The maximum Gasteiger partial charge on any atom is 0.309 e. The minimum atomic E-state index is -0.849. The van der Waals surface area contributed by atoms with Gasteiger partial charge in [-0.3, -0.25) is 4.79 Å². The highest BCUT2D eigenvalue weighted by atomic mass is 32.1. The fourth-order valence-electron chi connectivity index (χ4n) is 1.49. The Morgan fingerprint density at radius 1 is 1.44 bits per heavy atom. The van der Waals surface area contributed by atoms with Crippen LogP contribution in [0.1, 0.15) is 22.4 Å². The molecule has 18 heavy (non-hydrogen) atoms. The molecule has 0 saturated carbocycles. The molecule has 0 fully saturated rings. The summed E-state index contributed by atoms with van der Waals surface area (Å²) in [7, 11) is 0. The van der Waals surface area contributed by atoms with E-state index in [1.54, 1.807) is 16.7 Å². The normalized spacial score (nSPS) is 10.5.